The van der Waals surface area contributed by atoms with Gasteiger partial charge in [0.1, 0.15) is 12.2 Å². The summed E-state index contributed by atoms with van der Waals surface area (Å²) in [5.41, 5.74) is -2.61. The van der Waals surface area contributed by atoms with Gasteiger partial charge in [0.15, 0.2) is 5.76 Å². The zero-order valence-electron chi connectivity index (χ0n) is 16.1. The van der Waals surface area contributed by atoms with Crippen molar-refractivity contribution in [3.63, 3.8) is 0 Å². The second kappa shape index (κ2) is 5.78. The number of hydrogen-bond donors (Lipinski definition) is 3. The number of allylic oxidation sites excluding steroid dienone is 2. The first-order chi connectivity index (χ1) is 12.5. The number of Topliss-reactive ketones (excluding diaryl/α,β-unsaturated/α-hetero) is 1. The average Bonchev–Trinajstić information content (AvgIpc) is 2.61. The molecule has 7 heteroatoms. The number of fused-ring (bicyclic) bond motifs is 2. The molecule has 27 heavy (non-hydrogen) atoms. The maximum atomic E-state index is 13.4. The molecule has 1 heterocycles. The van der Waals surface area contributed by atoms with Crippen molar-refractivity contribution in [1.82, 2.24) is 0 Å². The smallest absolute Gasteiger partial charge is 0.306 e. The van der Waals surface area contributed by atoms with Gasteiger partial charge in [-0.25, -0.2) is 0 Å². The largest absolute Gasteiger partial charge is 0.493 e. The zero-order valence-corrected chi connectivity index (χ0v) is 16.1. The van der Waals surface area contributed by atoms with Crippen LogP contribution in [-0.2, 0) is 19.1 Å². The minimum atomic E-state index is -1.63. The number of hydrogen-bond acceptors (Lipinski definition) is 7. The van der Waals surface area contributed by atoms with Gasteiger partial charge in [-0.15, -0.1) is 0 Å². The van der Waals surface area contributed by atoms with Crippen LogP contribution < -0.4 is 0 Å². The summed E-state index contributed by atoms with van der Waals surface area (Å²) in [6.07, 6.45) is -1.00. The monoisotopic (exact) mass is 380 g/mol. The van der Waals surface area contributed by atoms with E-state index in [1.807, 2.05) is 13.8 Å². The van der Waals surface area contributed by atoms with Gasteiger partial charge in [-0.05, 0) is 31.3 Å². The van der Waals surface area contributed by atoms with Gasteiger partial charge in [-0.2, -0.15) is 0 Å². The van der Waals surface area contributed by atoms with Gasteiger partial charge >= 0.3 is 5.97 Å². The second-order valence-electron chi connectivity index (χ2n) is 9.15. The van der Waals surface area contributed by atoms with Gasteiger partial charge in [0.05, 0.1) is 25.2 Å². The Morgan fingerprint density at radius 2 is 1.89 bits per heavy atom. The molecule has 4 rings (SSSR count). The predicted molar refractivity (Wildman–Crippen MR) is 93.1 cm³/mol. The van der Waals surface area contributed by atoms with E-state index in [2.05, 4.69) is 0 Å². The lowest BCUT2D eigenvalue weighted by Gasteiger charge is -2.64. The van der Waals surface area contributed by atoms with E-state index in [4.69, 9.17) is 9.47 Å². The number of rotatable bonds is 1. The molecule has 1 aliphatic heterocycles. The Labute approximate surface area is 158 Å². The first-order valence-corrected chi connectivity index (χ1v) is 9.63. The molecule has 4 aliphatic rings. The lowest BCUT2D eigenvalue weighted by Crippen LogP contribution is -2.73. The summed E-state index contributed by atoms with van der Waals surface area (Å²) in [4.78, 5) is 25.6. The predicted octanol–water partition coefficient (Wildman–Crippen LogP) is 0.412. The zero-order chi connectivity index (χ0) is 19.9. The van der Waals surface area contributed by atoms with Crippen molar-refractivity contribution in [2.45, 2.75) is 57.5 Å². The molecular formula is C20H28O7. The van der Waals surface area contributed by atoms with E-state index < -0.39 is 53.1 Å². The molecule has 1 saturated heterocycles. The molecule has 2 saturated carbocycles. The molecule has 3 aliphatic carbocycles. The summed E-state index contributed by atoms with van der Waals surface area (Å²) >= 11 is 0. The number of carbonyl (C=O) groups excluding carboxylic acids is 2. The van der Waals surface area contributed by atoms with E-state index in [1.54, 1.807) is 6.08 Å². The fourth-order valence-electron chi connectivity index (χ4n) is 6.58. The normalized spacial score (nSPS) is 54.4. The lowest BCUT2D eigenvalue weighted by atomic mass is 9.43. The second-order valence-corrected chi connectivity index (χ2v) is 9.15. The number of aliphatic hydroxyl groups is 3. The highest BCUT2D eigenvalue weighted by Gasteiger charge is 2.70. The van der Waals surface area contributed by atoms with Gasteiger partial charge in [-0.1, -0.05) is 13.8 Å². The maximum Gasteiger partial charge on any atom is 0.306 e. The molecule has 3 fully saturated rings. The highest BCUT2D eigenvalue weighted by atomic mass is 16.5. The van der Waals surface area contributed by atoms with E-state index in [1.165, 1.54) is 14.0 Å². The Balaban J connectivity index is 1.89. The Morgan fingerprint density at radius 3 is 2.52 bits per heavy atom. The summed E-state index contributed by atoms with van der Waals surface area (Å²) in [7, 11) is 1.45. The lowest BCUT2D eigenvalue weighted by molar-refractivity contribution is -0.278. The Kier molecular flexibility index (Phi) is 4.05. The minimum absolute atomic E-state index is 0.0190. The van der Waals surface area contributed by atoms with Crippen LogP contribution in [0.4, 0.5) is 0 Å². The van der Waals surface area contributed by atoms with Crippen LogP contribution in [0.3, 0.4) is 0 Å². The van der Waals surface area contributed by atoms with E-state index in [0.29, 0.717) is 6.42 Å². The van der Waals surface area contributed by atoms with Crippen LogP contribution in [0.2, 0.25) is 0 Å². The SMILES string of the molecule is COC1=C[C@@H](C)[C@H]2C[C@H]3OC(=O)C[C@@H]4[C@H]3[C@H]([C@H](O)[C@@H](O)[C@@]4(C)O)[C@@]2(C)C1=O. The van der Waals surface area contributed by atoms with Crippen LogP contribution in [0.25, 0.3) is 0 Å². The van der Waals surface area contributed by atoms with E-state index in [9.17, 15) is 24.9 Å². The van der Waals surface area contributed by atoms with Gasteiger partial charge in [0, 0.05) is 23.2 Å². The highest BCUT2D eigenvalue weighted by molar-refractivity contribution is 5.99. The van der Waals surface area contributed by atoms with Crippen molar-refractivity contribution in [2.75, 3.05) is 7.11 Å². The topological polar surface area (TPSA) is 113 Å². The van der Waals surface area contributed by atoms with Crippen LogP contribution in [0, 0.1) is 35.0 Å². The quantitative estimate of drug-likeness (QED) is 0.565. The summed E-state index contributed by atoms with van der Waals surface area (Å²) < 4.78 is 10.9. The number of esters is 1. The fourth-order valence-corrected chi connectivity index (χ4v) is 6.58. The summed E-state index contributed by atoms with van der Waals surface area (Å²) in [6.45, 7) is 5.27. The van der Waals surface area contributed by atoms with Crippen LogP contribution in [0.15, 0.2) is 11.8 Å². The first-order valence-electron chi connectivity index (χ1n) is 9.63. The van der Waals surface area contributed by atoms with Crippen LogP contribution in [-0.4, -0.2) is 58.1 Å². The number of ketones is 1. The number of carbonyl (C=O) groups is 2. The Bertz CT molecular complexity index is 713. The third-order valence-corrected chi connectivity index (χ3v) is 7.95. The molecule has 0 spiro atoms. The molecule has 0 bridgehead atoms. The van der Waals surface area contributed by atoms with Crippen molar-refractivity contribution in [2.24, 2.45) is 35.0 Å². The first kappa shape index (κ1) is 18.9. The molecule has 10 atom stereocenters. The Morgan fingerprint density at radius 1 is 1.22 bits per heavy atom. The molecule has 0 unspecified atom stereocenters. The van der Waals surface area contributed by atoms with Crippen LogP contribution in [0.5, 0.6) is 0 Å². The average molecular weight is 380 g/mol. The van der Waals surface area contributed by atoms with Crippen molar-refractivity contribution in [1.29, 1.82) is 0 Å². The van der Waals surface area contributed by atoms with Crippen molar-refractivity contribution >= 4 is 11.8 Å². The van der Waals surface area contributed by atoms with Crippen LogP contribution >= 0.6 is 0 Å². The van der Waals surface area contributed by atoms with Crippen molar-refractivity contribution < 1.29 is 34.4 Å². The maximum absolute atomic E-state index is 13.4. The van der Waals surface area contributed by atoms with Gasteiger partial charge in [0.2, 0.25) is 5.78 Å². The molecule has 0 aromatic carbocycles. The number of aliphatic hydroxyl groups excluding tert-OH is 2. The van der Waals surface area contributed by atoms with E-state index >= 15 is 0 Å². The highest BCUT2D eigenvalue weighted by Crippen LogP contribution is 2.63. The van der Waals surface area contributed by atoms with Gasteiger partial charge < -0.3 is 24.8 Å². The molecule has 0 amide bonds. The molecule has 7 nitrogen and oxygen atoms in total. The molecule has 0 aromatic rings. The number of ether oxygens (including phenoxy) is 2. The van der Waals surface area contributed by atoms with E-state index in [0.717, 1.165) is 0 Å². The standard InChI is InChI=1S/C20H28O7/c1-8-5-12(26-4)17(23)19(2)9(8)6-11-14-10(7-13(21)27-11)20(3,25)18(24)16(22)15(14)19/h5,8-11,14-16,18,22,24-25H,6-7H2,1-4H3/t8-,9-,10-,11-,14-,15-,16+,18-,19+,20+/m1/s1. The van der Waals surface area contributed by atoms with Gasteiger partial charge in [0.25, 0.3) is 0 Å². The number of methoxy groups -OCH3 is 1. The van der Waals surface area contributed by atoms with Crippen molar-refractivity contribution in [3.05, 3.63) is 11.8 Å². The molecule has 0 aromatic heterocycles. The van der Waals surface area contributed by atoms with E-state index in [-0.39, 0.29) is 29.8 Å². The molecule has 150 valence electrons. The fraction of sp³-hybridized carbons (Fsp3) is 0.800. The van der Waals surface area contributed by atoms with Crippen LogP contribution in [0.1, 0.15) is 33.6 Å². The third kappa shape index (κ3) is 2.25. The minimum Gasteiger partial charge on any atom is -0.493 e. The summed E-state index contributed by atoms with van der Waals surface area (Å²) in [6, 6.07) is 0. The van der Waals surface area contributed by atoms with Crippen molar-refractivity contribution in [3.8, 4) is 0 Å². The molecule has 3 N–H and O–H groups in total. The third-order valence-electron chi connectivity index (χ3n) is 7.95. The Hall–Kier alpha value is -1.44. The summed E-state index contributed by atoms with van der Waals surface area (Å²) in [5.74, 6) is -2.13. The summed E-state index contributed by atoms with van der Waals surface area (Å²) in [5, 5.41) is 32.7. The molecular weight excluding hydrogens is 352 g/mol. The van der Waals surface area contributed by atoms with Gasteiger partial charge in [-0.3, -0.25) is 9.59 Å². The molecule has 0 radical (unpaired) electrons.